The van der Waals surface area contributed by atoms with Gasteiger partial charge in [0.15, 0.2) is 0 Å². The highest BCUT2D eigenvalue weighted by Gasteiger charge is 2.01. The van der Waals surface area contributed by atoms with E-state index in [2.05, 4.69) is 49.4 Å². The number of rotatable bonds is 0. The molecule has 0 nitrogen and oxygen atoms in total. The topological polar surface area (TPSA) is 0 Å². The first-order valence-corrected chi connectivity index (χ1v) is 5.55. The Bertz CT molecular complexity index is 633. The third-order valence-electron chi connectivity index (χ3n) is 3.20. The van der Waals surface area contributed by atoms with Gasteiger partial charge in [0.1, 0.15) is 0 Å². The highest BCUT2D eigenvalue weighted by Crippen LogP contribution is 2.13. The number of benzene rings is 2. The molecule has 0 aromatic heterocycles. The first-order chi connectivity index (χ1) is 7.36. The van der Waals surface area contributed by atoms with Crippen LogP contribution < -0.4 is 10.4 Å². The van der Waals surface area contributed by atoms with Gasteiger partial charge in [-0.3, -0.25) is 0 Å². The fourth-order valence-corrected chi connectivity index (χ4v) is 2.47. The Balaban J connectivity index is 2.63. The molecule has 0 atom stereocenters. The zero-order chi connectivity index (χ0) is 10.3. The van der Waals surface area contributed by atoms with Gasteiger partial charge in [-0.25, -0.2) is 0 Å². The first-order valence-electron chi connectivity index (χ1n) is 5.55. The summed E-state index contributed by atoms with van der Waals surface area (Å²) in [6.07, 6.45) is 7.09. The molecule has 0 amide bonds. The van der Waals surface area contributed by atoms with Crippen LogP contribution in [0.25, 0.3) is 22.9 Å². The van der Waals surface area contributed by atoms with E-state index in [4.69, 9.17) is 0 Å². The van der Waals surface area contributed by atoms with Gasteiger partial charge in [0, 0.05) is 0 Å². The second-order valence-corrected chi connectivity index (χ2v) is 4.23. The third-order valence-corrected chi connectivity index (χ3v) is 3.20. The Labute approximate surface area is 89.6 Å². The Hall–Kier alpha value is -1.56. The van der Waals surface area contributed by atoms with Crippen LogP contribution in [-0.2, 0) is 0 Å². The van der Waals surface area contributed by atoms with E-state index >= 15 is 0 Å². The van der Waals surface area contributed by atoms with Crippen molar-refractivity contribution >= 4 is 22.9 Å². The molecule has 0 saturated heterocycles. The third kappa shape index (κ3) is 1.29. The standard InChI is InChI=1S/C15H14/c1-11-10-12-6-2-3-8-14(12)15-9-5-4-7-13(11)15/h4-10H,2-3H2,1H3. The monoisotopic (exact) mass is 194 g/mol. The average molecular weight is 194 g/mol. The van der Waals surface area contributed by atoms with Crippen LogP contribution in [-0.4, -0.2) is 0 Å². The smallest absolute Gasteiger partial charge is 0.0106 e. The Kier molecular flexibility index (Phi) is 1.88. The van der Waals surface area contributed by atoms with Crippen molar-refractivity contribution in [3.63, 3.8) is 0 Å². The second kappa shape index (κ2) is 3.23. The van der Waals surface area contributed by atoms with Crippen molar-refractivity contribution in [1.82, 2.24) is 0 Å². The van der Waals surface area contributed by atoms with Crippen LogP contribution >= 0.6 is 0 Å². The summed E-state index contributed by atoms with van der Waals surface area (Å²) >= 11 is 0. The van der Waals surface area contributed by atoms with Crippen LogP contribution in [0.3, 0.4) is 0 Å². The van der Waals surface area contributed by atoms with Gasteiger partial charge in [-0.15, -0.1) is 0 Å². The van der Waals surface area contributed by atoms with Crippen molar-refractivity contribution in [2.45, 2.75) is 19.8 Å². The van der Waals surface area contributed by atoms with E-state index in [1.165, 1.54) is 39.6 Å². The van der Waals surface area contributed by atoms with Crippen molar-refractivity contribution in [1.29, 1.82) is 0 Å². The van der Waals surface area contributed by atoms with E-state index in [1.54, 1.807) is 0 Å². The zero-order valence-corrected chi connectivity index (χ0v) is 8.96. The van der Waals surface area contributed by atoms with E-state index < -0.39 is 0 Å². The predicted molar refractivity (Wildman–Crippen MR) is 66.1 cm³/mol. The van der Waals surface area contributed by atoms with Crippen molar-refractivity contribution in [3.05, 3.63) is 46.3 Å². The maximum Gasteiger partial charge on any atom is -0.0106 e. The largest absolute Gasteiger partial charge is 0.0763 e. The molecule has 0 heteroatoms. The van der Waals surface area contributed by atoms with Crippen molar-refractivity contribution in [2.75, 3.05) is 0 Å². The summed E-state index contributed by atoms with van der Waals surface area (Å²) in [5, 5.41) is 5.64. The molecule has 0 aliphatic heterocycles. The summed E-state index contributed by atoms with van der Waals surface area (Å²) in [6.45, 7) is 2.20. The maximum absolute atomic E-state index is 2.37. The molecule has 0 unspecified atom stereocenters. The zero-order valence-electron chi connectivity index (χ0n) is 8.96. The van der Waals surface area contributed by atoms with Crippen LogP contribution in [0.4, 0.5) is 0 Å². The average Bonchev–Trinajstić information content (AvgIpc) is 2.30. The van der Waals surface area contributed by atoms with E-state index in [1.807, 2.05) is 0 Å². The van der Waals surface area contributed by atoms with Crippen LogP contribution in [0.1, 0.15) is 18.4 Å². The van der Waals surface area contributed by atoms with E-state index in [0.29, 0.717) is 0 Å². The molecule has 0 N–H and O–H groups in total. The summed E-state index contributed by atoms with van der Waals surface area (Å²) in [5.41, 5.74) is 1.39. The molecule has 2 aromatic carbocycles. The Morgan fingerprint density at radius 3 is 2.53 bits per heavy atom. The van der Waals surface area contributed by atoms with Gasteiger partial charge in [-0.1, -0.05) is 42.5 Å². The fourth-order valence-electron chi connectivity index (χ4n) is 2.47. The number of hydrogen-bond acceptors (Lipinski definition) is 0. The molecule has 1 aliphatic carbocycles. The lowest BCUT2D eigenvalue weighted by molar-refractivity contribution is 1.12. The van der Waals surface area contributed by atoms with Gasteiger partial charge < -0.3 is 0 Å². The van der Waals surface area contributed by atoms with Gasteiger partial charge in [0.05, 0.1) is 0 Å². The molecule has 0 saturated carbocycles. The quantitative estimate of drug-likeness (QED) is 0.604. The molecule has 15 heavy (non-hydrogen) atoms. The molecular weight excluding hydrogens is 180 g/mol. The van der Waals surface area contributed by atoms with Crippen LogP contribution in [0.5, 0.6) is 0 Å². The minimum atomic E-state index is 1.18. The van der Waals surface area contributed by atoms with Gasteiger partial charge >= 0.3 is 0 Å². The molecule has 0 fully saturated rings. The lowest BCUT2D eigenvalue weighted by atomic mass is 9.98. The lowest BCUT2D eigenvalue weighted by Gasteiger charge is -2.07. The molecule has 0 spiro atoms. The molecule has 0 heterocycles. The molecule has 2 aromatic rings. The highest BCUT2D eigenvalue weighted by molar-refractivity contribution is 5.87. The van der Waals surface area contributed by atoms with Crippen LogP contribution in [0.2, 0.25) is 0 Å². The van der Waals surface area contributed by atoms with Gasteiger partial charge in [-0.2, -0.15) is 0 Å². The molecule has 3 rings (SSSR count). The van der Waals surface area contributed by atoms with Gasteiger partial charge in [0.2, 0.25) is 0 Å². The van der Waals surface area contributed by atoms with Gasteiger partial charge in [-0.05, 0) is 46.5 Å². The molecule has 1 aliphatic rings. The number of aryl methyl sites for hydroxylation is 1. The summed E-state index contributed by atoms with van der Waals surface area (Å²) in [5.74, 6) is 0. The molecule has 0 bridgehead atoms. The predicted octanol–water partition coefficient (Wildman–Crippen LogP) is 2.50. The second-order valence-electron chi connectivity index (χ2n) is 4.23. The van der Waals surface area contributed by atoms with Crippen molar-refractivity contribution in [3.8, 4) is 0 Å². The number of fused-ring (bicyclic) bond motifs is 3. The van der Waals surface area contributed by atoms with E-state index in [0.717, 1.165) is 0 Å². The summed E-state index contributed by atoms with van der Waals surface area (Å²) in [7, 11) is 0. The first kappa shape index (κ1) is 8.72. The SMILES string of the molecule is Cc1cc2c(c3ccccc13)=CCCC=2. The van der Waals surface area contributed by atoms with Crippen molar-refractivity contribution in [2.24, 2.45) is 0 Å². The minimum absolute atomic E-state index is 1.18. The molecular formula is C15H14. The maximum atomic E-state index is 2.37. The van der Waals surface area contributed by atoms with Crippen molar-refractivity contribution < 1.29 is 0 Å². The minimum Gasteiger partial charge on any atom is -0.0763 e. The Morgan fingerprint density at radius 1 is 0.933 bits per heavy atom. The molecule has 74 valence electrons. The fraction of sp³-hybridized carbons (Fsp3) is 0.200. The van der Waals surface area contributed by atoms with Crippen LogP contribution in [0.15, 0.2) is 30.3 Å². The normalized spacial score (nSPS) is 14.2. The summed E-state index contributed by atoms with van der Waals surface area (Å²) in [4.78, 5) is 0. The van der Waals surface area contributed by atoms with Crippen LogP contribution in [0, 0.1) is 6.92 Å². The Morgan fingerprint density at radius 2 is 1.67 bits per heavy atom. The number of hydrogen-bond donors (Lipinski definition) is 0. The molecule has 0 radical (unpaired) electrons. The lowest BCUT2D eigenvalue weighted by Crippen LogP contribution is -2.27. The summed E-state index contributed by atoms with van der Waals surface area (Å²) < 4.78 is 0. The highest BCUT2D eigenvalue weighted by atomic mass is 14.1. The van der Waals surface area contributed by atoms with E-state index in [-0.39, 0.29) is 0 Å². The van der Waals surface area contributed by atoms with Gasteiger partial charge in [0.25, 0.3) is 0 Å². The van der Waals surface area contributed by atoms with E-state index in [9.17, 15) is 0 Å². The summed E-state index contributed by atoms with van der Waals surface area (Å²) in [6, 6.07) is 11.0.